The molecule has 0 radical (unpaired) electrons. The number of ether oxygens (including phenoxy) is 1. The minimum Gasteiger partial charge on any atom is -0.497 e. The lowest BCUT2D eigenvalue weighted by Gasteiger charge is -2.10. The summed E-state index contributed by atoms with van der Waals surface area (Å²) < 4.78 is 5.10. The molecule has 0 fully saturated rings. The van der Waals surface area contributed by atoms with Gasteiger partial charge in [-0.2, -0.15) is 0 Å². The zero-order chi connectivity index (χ0) is 12.3. The van der Waals surface area contributed by atoms with Gasteiger partial charge in [-0.05, 0) is 19.1 Å². The normalized spacial score (nSPS) is 10.2. The molecule has 0 saturated heterocycles. The maximum Gasteiger partial charge on any atom is 0.121 e. The van der Waals surface area contributed by atoms with Crippen molar-refractivity contribution in [1.82, 2.24) is 4.98 Å². The number of aromatic nitrogens is 1. The minimum absolute atomic E-state index is 0.687. The summed E-state index contributed by atoms with van der Waals surface area (Å²) in [7, 11) is 1.63. The van der Waals surface area contributed by atoms with Gasteiger partial charge in [0.2, 0.25) is 0 Å². The fourth-order valence-corrected chi connectivity index (χ4v) is 2.22. The summed E-state index contributed by atoms with van der Waals surface area (Å²) in [6.07, 6.45) is 0. The summed E-state index contributed by atoms with van der Waals surface area (Å²) >= 11 is 1.64. The molecule has 0 saturated carbocycles. The van der Waals surface area contributed by atoms with E-state index in [-0.39, 0.29) is 0 Å². The van der Waals surface area contributed by atoms with E-state index in [0.717, 1.165) is 23.7 Å². The Bertz CT molecular complexity index is 510. The second kappa shape index (κ2) is 5.05. The molecule has 1 heterocycles. The van der Waals surface area contributed by atoms with Crippen molar-refractivity contribution in [2.24, 2.45) is 0 Å². The van der Waals surface area contributed by atoms with Crippen molar-refractivity contribution in [3.63, 3.8) is 0 Å². The maximum absolute atomic E-state index is 5.92. The molecule has 0 atom stereocenters. The molecule has 4 nitrogen and oxygen atoms in total. The molecule has 2 rings (SSSR count). The highest BCUT2D eigenvalue weighted by Gasteiger charge is 2.04. The lowest BCUT2D eigenvalue weighted by molar-refractivity contribution is 0.415. The molecular weight excluding hydrogens is 234 g/mol. The van der Waals surface area contributed by atoms with Crippen molar-refractivity contribution in [2.45, 2.75) is 13.5 Å². The summed E-state index contributed by atoms with van der Waals surface area (Å²) in [5.41, 5.74) is 10.4. The summed E-state index contributed by atoms with van der Waals surface area (Å²) in [6, 6.07) is 5.62. The Balaban J connectivity index is 2.07. The van der Waals surface area contributed by atoms with Crippen LogP contribution in [-0.2, 0) is 6.54 Å². The summed E-state index contributed by atoms with van der Waals surface area (Å²) in [4.78, 5) is 5.43. The zero-order valence-electron chi connectivity index (χ0n) is 9.86. The van der Waals surface area contributed by atoms with Gasteiger partial charge in [0.1, 0.15) is 5.75 Å². The van der Waals surface area contributed by atoms with Gasteiger partial charge in [-0.15, -0.1) is 11.3 Å². The van der Waals surface area contributed by atoms with Crippen LogP contribution >= 0.6 is 11.3 Å². The minimum atomic E-state index is 0.687. The molecular formula is C12H15N3OS. The summed E-state index contributed by atoms with van der Waals surface area (Å²) in [5, 5.41) is 3.30. The van der Waals surface area contributed by atoms with Gasteiger partial charge in [0.25, 0.3) is 0 Å². The van der Waals surface area contributed by atoms with E-state index in [2.05, 4.69) is 10.3 Å². The maximum atomic E-state index is 5.92. The van der Waals surface area contributed by atoms with E-state index >= 15 is 0 Å². The van der Waals surface area contributed by atoms with Gasteiger partial charge in [0.05, 0.1) is 36.2 Å². The Hall–Kier alpha value is -1.75. The Morgan fingerprint density at radius 3 is 2.88 bits per heavy atom. The van der Waals surface area contributed by atoms with Gasteiger partial charge in [-0.25, -0.2) is 4.98 Å². The number of nitrogens with zero attached hydrogens (tertiary/aromatic N) is 1. The van der Waals surface area contributed by atoms with E-state index in [0.29, 0.717) is 5.69 Å². The molecule has 0 aliphatic carbocycles. The highest BCUT2D eigenvalue weighted by molar-refractivity contribution is 7.09. The number of anilines is 2. The van der Waals surface area contributed by atoms with Gasteiger partial charge in [-0.3, -0.25) is 0 Å². The number of nitrogens with two attached hydrogens (primary N) is 1. The molecule has 0 amide bonds. The standard InChI is InChI=1S/C12H15N3OS/c1-8-12(17-7-15-8)6-14-11-4-3-9(16-2)5-10(11)13/h3-5,7,14H,6,13H2,1-2H3. The van der Waals surface area contributed by atoms with Crippen molar-refractivity contribution in [2.75, 3.05) is 18.2 Å². The van der Waals surface area contributed by atoms with Gasteiger partial charge < -0.3 is 15.8 Å². The van der Waals surface area contributed by atoms with E-state index < -0.39 is 0 Å². The highest BCUT2D eigenvalue weighted by atomic mass is 32.1. The van der Waals surface area contributed by atoms with Crippen molar-refractivity contribution < 1.29 is 4.74 Å². The molecule has 0 aliphatic rings. The smallest absolute Gasteiger partial charge is 0.121 e. The zero-order valence-corrected chi connectivity index (χ0v) is 10.7. The van der Waals surface area contributed by atoms with Gasteiger partial charge in [-0.1, -0.05) is 0 Å². The van der Waals surface area contributed by atoms with Crippen molar-refractivity contribution in [1.29, 1.82) is 0 Å². The quantitative estimate of drug-likeness (QED) is 0.818. The number of benzene rings is 1. The second-order valence-electron chi connectivity index (χ2n) is 3.67. The second-order valence-corrected chi connectivity index (χ2v) is 4.61. The molecule has 90 valence electrons. The van der Waals surface area contributed by atoms with Gasteiger partial charge >= 0.3 is 0 Å². The number of rotatable bonds is 4. The van der Waals surface area contributed by atoms with Crippen LogP contribution < -0.4 is 15.8 Å². The third kappa shape index (κ3) is 2.68. The SMILES string of the molecule is COc1ccc(NCc2scnc2C)c(N)c1. The van der Waals surface area contributed by atoms with E-state index in [9.17, 15) is 0 Å². The summed E-state index contributed by atoms with van der Waals surface area (Å²) in [6.45, 7) is 2.75. The predicted octanol–water partition coefficient (Wildman–Crippen LogP) is 2.65. The monoisotopic (exact) mass is 249 g/mol. The topological polar surface area (TPSA) is 60.2 Å². The Morgan fingerprint density at radius 2 is 2.29 bits per heavy atom. The highest BCUT2D eigenvalue weighted by Crippen LogP contribution is 2.25. The first kappa shape index (κ1) is 11.7. The Labute approximate surface area is 104 Å². The molecule has 0 aliphatic heterocycles. The largest absolute Gasteiger partial charge is 0.497 e. The van der Waals surface area contributed by atoms with Gasteiger partial charge in [0.15, 0.2) is 0 Å². The van der Waals surface area contributed by atoms with Crippen LogP contribution in [0.5, 0.6) is 5.75 Å². The van der Waals surface area contributed by atoms with Crippen LogP contribution in [0.3, 0.4) is 0 Å². The third-order valence-electron chi connectivity index (χ3n) is 2.54. The number of nitrogen functional groups attached to an aromatic ring is 1. The first-order chi connectivity index (χ1) is 8.20. The van der Waals surface area contributed by atoms with E-state index in [1.54, 1.807) is 18.4 Å². The number of nitrogens with one attached hydrogen (secondary N) is 1. The average Bonchev–Trinajstić information content (AvgIpc) is 2.73. The number of hydrogen-bond donors (Lipinski definition) is 2. The Kier molecular flexibility index (Phi) is 3.49. The van der Waals surface area contributed by atoms with Gasteiger partial charge in [0, 0.05) is 10.9 Å². The van der Waals surface area contributed by atoms with E-state index in [1.807, 2.05) is 30.6 Å². The van der Waals surface area contributed by atoms with Crippen LogP contribution in [0.25, 0.3) is 0 Å². The van der Waals surface area contributed by atoms with Crippen LogP contribution in [-0.4, -0.2) is 12.1 Å². The van der Waals surface area contributed by atoms with E-state index in [4.69, 9.17) is 10.5 Å². The first-order valence-electron chi connectivity index (χ1n) is 5.27. The van der Waals surface area contributed by atoms with Crippen LogP contribution in [0.4, 0.5) is 11.4 Å². The molecule has 0 spiro atoms. The number of thiazole rings is 1. The fourth-order valence-electron chi connectivity index (χ4n) is 1.50. The molecule has 0 bridgehead atoms. The number of hydrogen-bond acceptors (Lipinski definition) is 5. The molecule has 1 aromatic heterocycles. The predicted molar refractivity (Wildman–Crippen MR) is 71.6 cm³/mol. The van der Waals surface area contributed by atoms with Crippen LogP contribution in [0.15, 0.2) is 23.7 Å². The average molecular weight is 249 g/mol. The van der Waals surface area contributed by atoms with Crippen molar-refractivity contribution in [3.05, 3.63) is 34.3 Å². The van der Waals surface area contributed by atoms with Crippen molar-refractivity contribution in [3.8, 4) is 5.75 Å². The van der Waals surface area contributed by atoms with E-state index in [1.165, 1.54) is 4.88 Å². The Morgan fingerprint density at radius 1 is 1.47 bits per heavy atom. The molecule has 2 aromatic rings. The summed E-state index contributed by atoms with van der Waals surface area (Å²) in [5.74, 6) is 0.766. The van der Waals surface area contributed by atoms with Crippen LogP contribution in [0, 0.1) is 6.92 Å². The lowest BCUT2D eigenvalue weighted by Crippen LogP contribution is -2.02. The number of aryl methyl sites for hydroxylation is 1. The lowest BCUT2D eigenvalue weighted by atomic mass is 10.2. The molecule has 1 aromatic carbocycles. The van der Waals surface area contributed by atoms with Crippen molar-refractivity contribution >= 4 is 22.7 Å². The van der Waals surface area contributed by atoms with Crippen LogP contribution in [0.1, 0.15) is 10.6 Å². The third-order valence-corrected chi connectivity index (χ3v) is 3.48. The van der Waals surface area contributed by atoms with Crippen LogP contribution in [0.2, 0.25) is 0 Å². The first-order valence-corrected chi connectivity index (χ1v) is 6.15. The molecule has 17 heavy (non-hydrogen) atoms. The fraction of sp³-hybridized carbons (Fsp3) is 0.250. The molecule has 3 N–H and O–H groups in total. The molecule has 5 heteroatoms. The molecule has 0 unspecified atom stereocenters. The number of methoxy groups -OCH3 is 1.